The number of allylic oxidation sites excluding steroid dienone is 1. The summed E-state index contributed by atoms with van der Waals surface area (Å²) in [5, 5.41) is 0.553. The van der Waals surface area contributed by atoms with Crippen molar-refractivity contribution in [3.8, 4) is 5.75 Å². The predicted molar refractivity (Wildman–Crippen MR) is 107 cm³/mol. The molecular formula is C23H17ClO3. The average molecular weight is 377 g/mol. The molecule has 0 saturated heterocycles. The number of carbonyl (C=O) groups excluding carboxylic acids is 2. The molecule has 0 atom stereocenters. The van der Waals surface area contributed by atoms with Crippen molar-refractivity contribution in [1.29, 1.82) is 0 Å². The molecule has 27 heavy (non-hydrogen) atoms. The molecule has 4 heteroatoms. The van der Waals surface area contributed by atoms with E-state index in [1.165, 1.54) is 6.08 Å². The highest BCUT2D eigenvalue weighted by Crippen LogP contribution is 2.18. The van der Waals surface area contributed by atoms with E-state index in [0.717, 1.165) is 11.1 Å². The van der Waals surface area contributed by atoms with E-state index in [2.05, 4.69) is 0 Å². The van der Waals surface area contributed by atoms with Gasteiger partial charge in [-0.25, -0.2) is 4.79 Å². The van der Waals surface area contributed by atoms with E-state index in [0.29, 0.717) is 21.9 Å². The minimum absolute atomic E-state index is 0.0847. The molecule has 0 spiro atoms. The Kier molecular flexibility index (Phi) is 5.84. The summed E-state index contributed by atoms with van der Waals surface area (Å²) in [4.78, 5) is 24.4. The molecule has 0 aliphatic carbocycles. The molecule has 0 saturated carbocycles. The minimum atomic E-state index is -0.469. The number of carbonyl (C=O) groups is 2. The lowest BCUT2D eigenvalue weighted by Crippen LogP contribution is -2.08. The summed E-state index contributed by atoms with van der Waals surface area (Å²) in [6.45, 7) is 1.97. The first-order valence-electron chi connectivity index (χ1n) is 8.38. The van der Waals surface area contributed by atoms with E-state index >= 15 is 0 Å². The van der Waals surface area contributed by atoms with Crippen molar-refractivity contribution in [3.63, 3.8) is 0 Å². The Morgan fingerprint density at radius 1 is 0.889 bits per heavy atom. The van der Waals surface area contributed by atoms with E-state index in [1.54, 1.807) is 60.7 Å². The molecule has 0 unspecified atom stereocenters. The van der Waals surface area contributed by atoms with Crippen LogP contribution >= 0.6 is 11.6 Å². The van der Waals surface area contributed by atoms with Crippen molar-refractivity contribution < 1.29 is 14.3 Å². The number of halogens is 1. The smallest absolute Gasteiger partial charge is 0.343 e. The first-order valence-corrected chi connectivity index (χ1v) is 8.76. The Balaban J connectivity index is 1.69. The van der Waals surface area contributed by atoms with Gasteiger partial charge in [-0.05, 0) is 55.0 Å². The molecule has 3 rings (SSSR count). The quantitative estimate of drug-likeness (QED) is 0.246. The van der Waals surface area contributed by atoms with Gasteiger partial charge >= 0.3 is 5.97 Å². The van der Waals surface area contributed by atoms with E-state index in [-0.39, 0.29) is 5.78 Å². The Morgan fingerprint density at radius 3 is 2.26 bits per heavy atom. The lowest BCUT2D eigenvalue weighted by molar-refractivity contribution is 0.0734. The summed E-state index contributed by atoms with van der Waals surface area (Å²) >= 11 is 5.82. The van der Waals surface area contributed by atoms with Gasteiger partial charge in [-0.15, -0.1) is 0 Å². The van der Waals surface area contributed by atoms with Crippen LogP contribution in [0.25, 0.3) is 6.08 Å². The Bertz CT molecular complexity index is 987. The third-order valence-corrected chi connectivity index (χ3v) is 4.16. The Morgan fingerprint density at radius 2 is 1.56 bits per heavy atom. The molecule has 3 aromatic carbocycles. The second-order valence-electron chi connectivity index (χ2n) is 6.03. The van der Waals surface area contributed by atoms with Crippen molar-refractivity contribution in [3.05, 3.63) is 106 Å². The van der Waals surface area contributed by atoms with Gasteiger partial charge in [0.05, 0.1) is 5.56 Å². The van der Waals surface area contributed by atoms with Crippen LogP contribution in [0.1, 0.15) is 31.8 Å². The maximum atomic E-state index is 12.2. The number of hydrogen-bond donors (Lipinski definition) is 0. The number of ketones is 1. The third kappa shape index (κ3) is 5.16. The lowest BCUT2D eigenvalue weighted by atomic mass is 10.1. The summed E-state index contributed by atoms with van der Waals surface area (Å²) in [6.07, 6.45) is 3.20. The second kappa shape index (κ2) is 8.47. The van der Waals surface area contributed by atoms with Gasteiger partial charge in [-0.3, -0.25) is 4.79 Å². The molecule has 0 fully saturated rings. The number of hydrogen-bond acceptors (Lipinski definition) is 3. The average Bonchev–Trinajstić information content (AvgIpc) is 2.67. The normalized spacial score (nSPS) is 10.7. The number of aryl methyl sites for hydroxylation is 1. The molecule has 3 nitrogen and oxygen atoms in total. The van der Waals surface area contributed by atoms with Gasteiger partial charge in [0.2, 0.25) is 0 Å². The summed E-state index contributed by atoms with van der Waals surface area (Å²) in [6, 6.07) is 20.9. The number of benzene rings is 3. The van der Waals surface area contributed by atoms with Crippen LogP contribution < -0.4 is 4.74 Å². The van der Waals surface area contributed by atoms with Crippen molar-refractivity contribution >= 4 is 29.4 Å². The second-order valence-corrected chi connectivity index (χ2v) is 6.47. The van der Waals surface area contributed by atoms with Crippen molar-refractivity contribution in [1.82, 2.24) is 0 Å². The highest BCUT2D eigenvalue weighted by Gasteiger charge is 2.08. The number of rotatable bonds is 5. The fourth-order valence-corrected chi connectivity index (χ4v) is 2.55. The van der Waals surface area contributed by atoms with Gasteiger partial charge in [0.15, 0.2) is 5.78 Å². The van der Waals surface area contributed by atoms with Gasteiger partial charge in [0.25, 0.3) is 0 Å². The fraction of sp³-hybridized carbons (Fsp3) is 0.0435. The van der Waals surface area contributed by atoms with Crippen LogP contribution in [0.15, 0.2) is 78.9 Å². The molecule has 134 valence electrons. The lowest BCUT2D eigenvalue weighted by Gasteiger charge is -2.05. The number of esters is 1. The van der Waals surface area contributed by atoms with Crippen molar-refractivity contribution in [2.45, 2.75) is 6.92 Å². The fourth-order valence-electron chi connectivity index (χ4n) is 2.42. The van der Waals surface area contributed by atoms with Crippen LogP contribution in [0.3, 0.4) is 0 Å². The van der Waals surface area contributed by atoms with Crippen LogP contribution in [0.2, 0.25) is 5.02 Å². The van der Waals surface area contributed by atoms with E-state index in [1.807, 2.05) is 25.1 Å². The zero-order valence-electron chi connectivity index (χ0n) is 14.7. The Labute approximate surface area is 162 Å². The molecule has 0 aliphatic heterocycles. The highest BCUT2D eigenvalue weighted by molar-refractivity contribution is 6.30. The molecule has 0 bridgehead atoms. The van der Waals surface area contributed by atoms with Crippen LogP contribution in [0, 0.1) is 6.92 Å². The molecule has 0 heterocycles. The zero-order chi connectivity index (χ0) is 19.2. The summed E-state index contributed by atoms with van der Waals surface area (Å²) in [5.41, 5.74) is 2.90. The van der Waals surface area contributed by atoms with E-state index in [4.69, 9.17) is 16.3 Å². The van der Waals surface area contributed by atoms with Gasteiger partial charge in [-0.1, -0.05) is 59.6 Å². The topological polar surface area (TPSA) is 43.4 Å². The van der Waals surface area contributed by atoms with E-state index < -0.39 is 5.97 Å². The summed E-state index contributed by atoms with van der Waals surface area (Å²) in [7, 11) is 0. The first-order chi connectivity index (χ1) is 13.0. The standard InChI is InChI=1S/C23H17ClO3/c1-16-5-8-18(9-6-16)22(25)14-7-17-3-2-4-21(15-17)27-23(26)19-10-12-20(24)13-11-19/h2-15H,1H3. The van der Waals surface area contributed by atoms with Gasteiger partial charge in [0, 0.05) is 10.6 Å². The van der Waals surface area contributed by atoms with Gasteiger partial charge in [-0.2, -0.15) is 0 Å². The Hall–Kier alpha value is -3.17. The largest absolute Gasteiger partial charge is 0.423 e. The van der Waals surface area contributed by atoms with Crippen molar-refractivity contribution in [2.75, 3.05) is 0 Å². The minimum Gasteiger partial charge on any atom is -0.423 e. The molecule has 0 amide bonds. The SMILES string of the molecule is Cc1ccc(C(=O)C=Cc2cccc(OC(=O)c3ccc(Cl)cc3)c2)cc1. The van der Waals surface area contributed by atoms with E-state index in [9.17, 15) is 9.59 Å². The van der Waals surface area contributed by atoms with Crippen LogP contribution in [-0.2, 0) is 0 Å². The molecule has 0 aliphatic rings. The first kappa shape index (κ1) is 18.6. The number of ether oxygens (including phenoxy) is 1. The highest BCUT2D eigenvalue weighted by atomic mass is 35.5. The van der Waals surface area contributed by atoms with Crippen LogP contribution in [0.5, 0.6) is 5.75 Å². The molecule has 0 radical (unpaired) electrons. The maximum Gasteiger partial charge on any atom is 0.343 e. The molecule has 0 aromatic heterocycles. The molecule has 3 aromatic rings. The predicted octanol–water partition coefficient (Wildman–Crippen LogP) is 5.76. The zero-order valence-corrected chi connectivity index (χ0v) is 15.4. The molecule has 0 N–H and O–H groups in total. The summed E-state index contributed by atoms with van der Waals surface area (Å²) < 4.78 is 5.38. The van der Waals surface area contributed by atoms with Crippen molar-refractivity contribution in [2.24, 2.45) is 0 Å². The van der Waals surface area contributed by atoms with Crippen LogP contribution in [-0.4, -0.2) is 11.8 Å². The van der Waals surface area contributed by atoms with Gasteiger partial charge in [0.1, 0.15) is 5.75 Å². The summed E-state index contributed by atoms with van der Waals surface area (Å²) in [5.74, 6) is -0.151. The van der Waals surface area contributed by atoms with Crippen LogP contribution in [0.4, 0.5) is 0 Å². The van der Waals surface area contributed by atoms with Gasteiger partial charge < -0.3 is 4.74 Å². The molecular weight excluding hydrogens is 360 g/mol. The monoisotopic (exact) mass is 376 g/mol. The maximum absolute atomic E-state index is 12.2. The third-order valence-electron chi connectivity index (χ3n) is 3.91.